The van der Waals surface area contributed by atoms with Crippen LogP contribution in [0.5, 0.6) is 5.75 Å². The quantitative estimate of drug-likeness (QED) is 0.454. The van der Waals surface area contributed by atoms with Crippen molar-refractivity contribution in [1.29, 1.82) is 0 Å². The molecule has 0 unspecified atom stereocenters. The minimum absolute atomic E-state index is 0.195. The molecule has 42 heavy (non-hydrogen) atoms. The van der Waals surface area contributed by atoms with E-state index in [-0.39, 0.29) is 17.5 Å². The fourth-order valence-corrected chi connectivity index (χ4v) is 7.04. The van der Waals surface area contributed by atoms with Crippen molar-refractivity contribution in [3.63, 3.8) is 0 Å². The summed E-state index contributed by atoms with van der Waals surface area (Å²) in [4.78, 5) is 34.5. The van der Waals surface area contributed by atoms with Gasteiger partial charge in [-0.05, 0) is 63.1 Å². The van der Waals surface area contributed by atoms with Crippen LogP contribution in [0.4, 0.5) is 11.7 Å². The molecule has 1 saturated carbocycles. The predicted molar refractivity (Wildman–Crippen MR) is 156 cm³/mol. The maximum absolute atomic E-state index is 13.0. The number of nitrogens with zero attached hydrogens (tertiary/aromatic N) is 5. The Morgan fingerprint density at radius 1 is 1.10 bits per heavy atom. The van der Waals surface area contributed by atoms with Gasteiger partial charge in [-0.15, -0.1) is 0 Å². The van der Waals surface area contributed by atoms with Crippen LogP contribution >= 0.6 is 0 Å². The zero-order chi connectivity index (χ0) is 28.7. The molecule has 0 radical (unpaired) electrons. The van der Waals surface area contributed by atoms with Crippen molar-refractivity contribution < 1.29 is 23.5 Å². The zero-order valence-corrected chi connectivity index (χ0v) is 24.1. The van der Waals surface area contributed by atoms with Gasteiger partial charge in [0.1, 0.15) is 12.0 Å². The van der Waals surface area contributed by atoms with Gasteiger partial charge in [-0.3, -0.25) is 14.3 Å². The molecule has 12 heteroatoms. The number of nitrogens with one attached hydrogen (secondary N) is 2. The van der Waals surface area contributed by atoms with Crippen LogP contribution in [-0.2, 0) is 9.53 Å². The van der Waals surface area contributed by atoms with Crippen molar-refractivity contribution in [2.75, 3.05) is 69.8 Å². The summed E-state index contributed by atoms with van der Waals surface area (Å²) in [6.45, 7) is 6.21. The minimum atomic E-state index is -0.366. The Balaban J connectivity index is 0.986. The normalized spacial score (nSPS) is 21.5. The van der Waals surface area contributed by atoms with Crippen LogP contribution in [0.3, 0.4) is 0 Å². The lowest BCUT2D eigenvalue weighted by atomic mass is 9.60. The van der Waals surface area contributed by atoms with Crippen LogP contribution in [0.1, 0.15) is 55.1 Å². The number of benzene rings is 1. The van der Waals surface area contributed by atoms with E-state index in [4.69, 9.17) is 19.0 Å². The molecule has 1 spiro atoms. The Kier molecular flexibility index (Phi) is 7.27. The fraction of sp³-hybridized carbons (Fsp3) is 0.600. The Labute approximate surface area is 244 Å². The van der Waals surface area contributed by atoms with Gasteiger partial charge >= 0.3 is 0 Å². The lowest BCUT2D eigenvalue weighted by molar-refractivity contribution is -0.140. The molecular weight excluding hydrogens is 538 g/mol. The van der Waals surface area contributed by atoms with Gasteiger partial charge < -0.3 is 34.3 Å². The second-order valence-electron chi connectivity index (χ2n) is 12.2. The number of likely N-dealkylation sites (tertiary alicyclic amines) is 1. The molecule has 0 atom stereocenters. The molecule has 2 aromatic heterocycles. The third-order valence-electron chi connectivity index (χ3n) is 9.63. The first-order chi connectivity index (χ1) is 20.5. The zero-order valence-electron chi connectivity index (χ0n) is 24.1. The number of ether oxygens (including phenoxy) is 2. The van der Waals surface area contributed by atoms with Crippen molar-refractivity contribution in [3.8, 4) is 5.75 Å². The van der Waals surface area contributed by atoms with E-state index in [1.54, 1.807) is 7.11 Å². The summed E-state index contributed by atoms with van der Waals surface area (Å²) in [6.07, 6.45) is 9.65. The highest BCUT2D eigenvalue weighted by atomic mass is 16.5. The SMILES string of the molecule is COc1cc2nn(C3CC4(CCN(C(=O)C5CCNCC5)CC4)C3)cc2cc1NC(=O)c1coc(N2CCOCC2)n1. The summed E-state index contributed by atoms with van der Waals surface area (Å²) in [5, 5.41) is 12.1. The summed E-state index contributed by atoms with van der Waals surface area (Å²) < 4.78 is 18.6. The van der Waals surface area contributed by atoms with E-state index in [9.17, 15) is 9.59 Å². The van der Waals surface area contributed by atoms with E-state index in [1.807, 2.05) is 17.0 Å². The van der Waals surface area contributed by atoms with Crippen molar-refractivity contribution >= 4 is 34.4 Å². The number of amides is 2. The minimum Gasteiger partial charge on any atom is -0.494 e. The first kappa shape index (κ1) is 27.2. The molecule has 5 heterocycles. The molecule has 224 valence electrons. The van der Waals surface area contributed by atoms with Crippen molar-refractivity contribution in [3.05, 3.63) is 30.3 Å². The number of piperidine rings is 2. The third kappa shape index (κ3) is 5.22. The van der Waals surface area contributed by atoms with Gasteiger partial charge in [0.25, 0.3) is 11.9 Å². The van der Waals surface area contributed by atoms with Crippen LogP contribution in [-0.4, -0.2) is 91.1 Å². The summed E-state index contributed by atoms with van der Waals surface area (Å²) in [6, 6.07) is 4.52. The van der Waals surface area contributed by atoms with Crippen LogP contribution < -0.4 is 20.3 Å². The van der Waals surface area contributed by atoms with E-state index in [0.29, 0.717) is 61.1 Å². The van der Waals surface area contributed by atoms with Crippen LogP contribution in [0.25, 0.3) is 10.9 Å². The number of oxazole rings is 1. The second-order valence-corrected chi connectivity index (χ2v) is 12.2. The molecule has 3 aliphatic heterocycles. The Bertz CT molecular complexity index is 1440. The van der Waals surface area contributed by atoms with E-state index in [0.717, 1.165) is 75.6 Å². The highest BCUT2D eigenvalue weighted by molar-refractivity contribution is 6.05. The van der Waals surface area contributed by atoms with Crippen molar-refractivity contribution in [2.45, 2.75) is 44.6 Å². The molecule has 3 aromatic rings. The van der Waals surface area contributed by atoms with Gasteiger partial charge in [0.15, 0.2) is 5.69 Å². The average molecular weight is 578 g/mol. The summed E-state index contributed by atoms with van der Waals surface area (Å²) in [5.41, 5.74) is 1.89. The molecule has 2 N–H and O–H groups in total. The smallest absolute Gasteiger partial charge is 0.298 e. The lowest BCUT2D eigenvalue weighted by Crippen LogP contribution is -2.51. The molecule has 4 aliphatic rings. The van der Waals surface area contributed by atoms with Crippen LogP contribution in [0.2, 0.25) is 0 Å². The number of morpholine rings is 1. The van der Waals surface area contributed by atoms with E-state index < -0.39 is 0 Å². The van der Waals surface area contributed by atoms with Crippen LogP contribution in [0.15, 0.2) is 29.0 Å². The fourth-order valence-electron chi connectivity index (χ4n) is 7.04. The predicted octanol–water partition coefficient (Wildman–Crippen LogP) is 3.07. The summed E-state index contributed by atoms with van der Waals surface area (Å²) in [7, 11) is 1.58. The number of rotatable bonds is 6. The maximum atomic E-state index is 13.0. The summed E-state index contributed by atoms with van der Waals surface area (Å²) in [5.74, 6) is 0.725. The van der Waals surface area contributed by atoms with Gasteiger partial charge in [-0.25, -0.2) is 0 Å². The molecule has 3 saturated heterocycles. The lowest BCUT2D eigenvalue weighted by Gasteiger charge is -2.52. The second kappa shape index (κ2) is 11.2. The Morgan fingerprint density at radius 3 is 2.60 bits per heavy atom. The first-order valence-electron chi connectivity index (χ1n) is 15.2. The van der Waals surface area contributed by atoms with Gasteiger partial charge in [0.05, 0.1) is 37.6 Å². The number of hydrogen-bond donors (Lipinski definition) is 2. The molecule has 2 amide bonds. The Hall–Kier alpha value is -3.64. The van der Waals surface area contributed by atoms with E-state index >= 15 is 0 Å². The number of anilines is 2. The summed E-state index contributed by atoms with van der Waals surface area (Å²) >= 11 is 0. The molecule has 4 fully saturated rings. The molecule has 0 bridgehead atoms. The molecule has 1 aliphatic carbocycles. The highest BCUT2D eigenvalue weighted by Gasteiger charge is 2.47. The van der Waals surface area contributed by atoms with Gasteiger partial charge in [-0.1, -0.05) is 0 Å². The molecular formula is C30H39N7O5. The number of hydrogen-bond acceptors (Lipinski definition) is 9. The standard InChI is InChI=1S/C30H39N7O5/c1-40-26-15-23-21(14-24(26)32-27(38)25-19-42-29(33-25)36-10-12-41-13-11-36)18-37(34-23)22-16-30(17-22)4-8-35(9-5-30)28(39)20-2-6-31-7-3-20/h14-15,18-20,22,31H,2-13,16-17H2,1H3,(H,32,38). The molecule has 1 aromatic carbocycles. The number of carbonyl (C=O) groups is 2. The van der Waals surface area contributed by atoms with Gasteiger partial charge in [-0.2, -0.15) is 10.1 Å². The number of carbonyl (C=O) groups excluding carboxylic acids is 2. The van der Waals surface area contributed by atoms with Gasteiger partial charge in [0.2, 0.25) is 5.91 Å². The van der Waals surface area contributed by atoms with E-state index in [2.05, 4.69) is 31.4 Å². The van der Waals surface area contributed by atoms with Crippen LogP contribution in [0, 0.1) is 11.3 Å². The molecule has 7 rings (SSSR count). The van der Waals surface area contributed by atoms with Gasteiger partial charge in [0, 0.05) is 49.7 Å². The number of methoxy groups -OCH3 is 1. The first-order valence-corrected chi connectivity index (χ1v) is 15.2. The van der Waals surface area contributed by atoms with Crippen molar-refractivity contribution in [2.24, 2.45) is 11.3 Å². The van der Waals surface area contributed by atoms with Crippen molar-refractivity contribution in [1.82, 2.24) is 25.0 Å². The topological polar surface area (TPSA) is 127 Å². The monoisotopic (exact) mass is 577 g/mol. The maximum Gasteiger partial charge on any atom is 0.298 e. The highest BCUT2D eigenvalue weighted by Crippen LogP contribution is 2.55. The number of aromatic nitrogens is 3. The molecule has 12 nitrogen and oxygen atoms in total. The number of fused-ring (bicyclic) bond motifs is 1. The largest absolute Gasteiger partial charge is 0.494 e. The van der Waals surface area contributed by atoms with E-state index in [1.165, 1.54) is 6.26 Å². The average Bonchev–Trinajstić information content (AvgIpc) is 3.68. The third-order valence-corrected chi connectivity index (χ3v) is 9.63. The Morgan fingerprint density at radius 2 is 1.86 bits per heavy atom.